The fourth-order valence-electron chi connectivity index (χ4n) is 1.73. The molecule has 0 aliphatic heterocycles. The Morgan fingerprint density at radius 1 is 1.56 bits per heavy atom. The van der Waals surface area contributed by atoms with Crippen molar-refractivity contribution in [3.63, 3.8) is 0 Å². The van der Waals surface area contributed by atoms with E-state index in [2.05, 4.69) is 15.1 Å². The van der Waals surface area contributed by atoms with E-state index in [1.54, 1.807) is 11.6 Å². The Morgan fingerprint density at radius 3 is 3.00 bits per heavy atom. The lowest BCUT2D eigenvalue weighted by atomic mass is 10.4. The van der Waals surface area contributed by atoms with Crippen molar-refractivity contribution in [1.29, 1.82) is 0 Å². The zero-order chi connectivity index (χ0) is 12.8. The SMILES string of the molecule is NNc1nc2sccn2c1S(=O)(=O)NCC1CC1. The number of aromatic nitrogens is 2. The van der Waals surface area contributed by atoms with Crippen LogP contribution in [-0.2, 0) is 10.0 Å². The number of nitrogens with one attached hydrogen (secondary N) is 2. The minimum Gasteiger partial charge on any atom is -0.306 e. The first-order chi connectivity index (χ1) is 8.62. The number of fused-ring (bicyclic) bond motifs is 1. The summed E-state index contributed by atoms with van der Waals surface area (Å²) in [4.78, 5) is 4.72. The summed E-state index contributed by atoms with van der Waals surface area (Å²) in [5.41, 5.74) is 2.34. The summed E-state index contributed by atoms with van der Waals surface area (Å²) in [5.74, 6) is 5.97. The van der Waals surface area contributed by atoms with Crippen molar-refractivity contribution >= 4 is 32.1 Å². The van der Waals surface area contributed by atoms with Crippen LogP contribution in [0.4, 0.5) is 5.82 Å². The highest BCUT2D eigenvalue weighted by atomic mass is 32.2. The van der Waals surface area contributed by atoms with Crippen LogP contribution in [0.25, 0.3) is 4.96 Å². The van der Waals surface area contributed by atoms with Gasteiger partial charge in [0.05, 0.1) is 0 Å². The maximum atomic E-state index is 12.3. The molecule has 7 nitrogen and oxygen atoms in total. The van der Waals surface area contributed by atoms with Gasteiger partial charge in [-0.3, -0.25) is 4.40 Å². The number of hydrogen-bond donors (Lipinski definition) is 3. The van der Waals surface area contributed by atoms with Gasteiger partial charge in [0.1, 0.15) is 0 Å². The third kappa shape index (κ3) is 1.99. The first kappa shape index (κ1) is 11.9. The molecule has 2 heterocycles. The normalized spacial score (nSPS) is 16.3. The van der Waals surface area contributed by atoms with E-state index in [1.165, 1.54) is 15.7 Å². The zero-order valence-corrected chi connectivity index (χ0v) is 11.1. The summed E-state index contributed by atoms with van der Waals surface area (Å²) in [6.07, 6.45) is 3.84. The first-order valence-corrected chi connectivity index (χ1v) is 7.90. The molecule has 18 heavy (non-hydrogen) atoms. The summed E-state index contributed by atoms with van der Waals surface area (Å²) >= 11 is 1.35. The Balaban J connectivity index is 2.01. The van der Waals surface area contributed by atoms with Crippen molar-refractivity contribution in [2.75, 3.05) is 12.0 Å². The Morgan fingerprint density at radius 2 is 2.33 bits per heavy atom. The van der Waals surface area contributed by atoms with Crippen molar-refractivity contribution in [2.24, 2.45) is 11.8 Å². The number of hydrogen-bond acceptors (Lipinski definition) is 6. The van der Waals surface area contributed by atoms with Crippen molar-refractivity contribution < 1.29 is 8.42 Å². The zero-order valence-electron chi connectivity index (χ0n) is 9.46. The molecule has 1 aliphatic rings. The largest absolute Gasteiger partial charge is 0.306 e. The number of nitrogens with zero attached hydrogens (tertiary/aromatic N) is 2. The second-order valence-corrected chi connectivity index (χ2v) is 6.82. The Bertz CT molecular complexity index is 670. The van der Waals surface area contributed by atoms with E-state index >= 15 is 0 Å². The van der Waals surface area contributed by atoms with Crippen molar-refractivity contribution in [3.05, 3.63) is 11.6 Å². The fourth-order valence-corrected chi connectivity index (χ4v) is 3.86. The number of rotatable bonds is 5. The summed E-state index contributed by atoms with van der Waals surface area (Å²) in [7, 11) is -3.60. The van der Waals surface area contributed by atoms with E-state index in [0.29, 0.717) is 17.4 Å². The van der Waals surface area contributed by atoms with Gasteiger partial charge in [0.2, 0.25) is 5.03 Å². The summed E-state index contributed by atoms with van der Waals surface area (Å²) in [6, 6.07) is 0. The first-order valence-electron chi connectivity index (χ1n) is 5.53. The highest BCUT2D eigenvalue weighted by Crippen LogP contribution is 2.29. The molecule has 2 aromatic heterocycles. The number of sulfonamides is 1. The molecule has 0 aromatic carbocycles. The quantitative estimate of drug-likeness (QED) is 0.545. The minimum absolute atomic E-state index is 0.0712. The summed E-state index contributed by atoms with van der Waals surface area (Å²) in [5, 5.41) is 1.85. The number of anilines is 1. The van der Waals surface area contributed by atoms with Crippen LogP contribution in [0.1, 0.15) is 12.8 Å². The lowest BCUT2D eigenvalue weighted by Crippen LogP contribution is -2.28. The summed E-state index contributed by atoms with van der Waals surface area (Å²) < 4.78 is 28.6. The molecule has 9 heteroatoms. The molecule has 0 bridgehead atoms. The van der Waals surface area contributed by atoms with Gasteiger partial charge in [-0.25, -0.2) is 19.0 Å². The van der Waals surface area contributed by atoms with Crippen LogP contribution in [-0.4, -0.2) is 24.3 Å². The lowest BCUT2D eigenvalue weighted by Gasteiger charge is -2.06. The van der Waals surface area contributed by atoms with E-state index in [-0.39, 0.29) is 10.8 Å². The van der Waals surface area contributed by atoms with Gasteiger partial charge in [0.15, 0.2) is 10.8 Å². The van der Waals surface area contributed by atoms with Crippen LogP contribution in [0.15, 0.2) is 16.6 Å². The highest BCUT2D eigenvalue weighted by Gasteiger charge is 2.28. The second-order valence-electron chi connectivity index (χ2n) is 4.26. The molecule has 2 aromatic rings. The van der Waals surface area contributed by atoms with Crippen molar-refractivity contribution in [1.82, 2.24) is 14.1 Å². The summed E-state index contributed by atoms with van der Waals surface area (Å²) in [6.45, 7) is 0.476. The molecular weight excluding hydrogens is 274 g/mol. The van der Waals surface area contributed by atoms with Crippen LogP contribution >= 0.6 is 11.3 Å². The monoisotopic (exact) mass is 287 g/mol. The van der Waals surface area contributed by atoms with Gasteiger partial charge in [-0.05, 0) is 18.8 Å². The molecule has 0 atom stereocenters. The van der Waals surface area contributed by atoms with E-state index in [9.17, 15) is 8.42 Å². The van der Waals surface area contributed by atoms with Crippen LogP contribution in [0.5, 0.6) is 0 Å². The number of hydrazine groups is 1. The average Bonchev–Trinajstić information content (AvgIpc) is 2.93. The van der Waals surface area contributed by atoms with E-state index < -0.39 is 10.0 Å². The Hall–Kier alpha value is -1.16. The third-order valence-electron chi connectivity index (χ3n) is 2.87. The van der Waals surface area contributed by atoms with Gasteiger partial charge < -0.3 is 5.43 Å². The van der Waals surface area contributed by atoms with Gasteiger partial charge in [-0.2, -0.15) is 4.98 Å². The van der Waals surface area contributed by atoms with Gasteiger partial charge >= 0.3 is 0 Å². The van der Waals surface area contributed by atoms with Crippen molar-refractivity contribution in [2.45, 2.75) is 17.9 Å². The molecule has 3 rings (SSSR count). The van der Waals surface area contributed by atoms with Crippen LogP contribution in [0.3, 0.4) is 0 Å². The van der Waals surface area contributed by atoms with Gasteiger partial charge in [-0.15, -0.1) is 11.3 Å². The Labute approximate surface area is 108 Å². The minimum atomic E-state index is -3.60. The second kappa shape index (κ2) is 4.19. The van der Waals surface area contributed by atoms with Gasteiger partial charge in [0, 0.05) is 18.1 Å². The standard InChI is InChI=1S/C9H13N5O2S2/c10-13-7-8(14-3-4-17-9(14)12-7)18(15,16)11-5-6-1-2-6/h3-4,6,11,13H,1-2,5,10H2. The molecule has 0 amide bonds. The van der Waals surface area contributed by atoms with Crippen LogP contribution in [0, 0.1) is 5.92 Å². The van der Waals surface area contributed by atoms with E-state index in [1.807, 2.05) is 0 Å². The molecular formula is C9H13N5O2S2. The number of nitrogens with two attached hydrogens (primary N) is 1. The molecule has 1 aliphatic carbocycles. The molecule has 0 saturated heterocycles. The molecule has 4 N–H and O–H groups in total. The van der Waals surface area contributed by atoms with Crippen LogP contribution < -0.4 is 16.0 Å². The highest BCUT2D eigenvalue weighted by molar-refractivity contribution is 7.89. The molecule has 98 valence electrons. The molecule has 0 radical (unpaired) electrons. The van der Waals surface area contributed by atoms with E-state index in [0.717, 1.165) is 12.8 Å². The number of imidazole rings is 1. The third-order valence-corrected chi connectivity index (χ3v) is 5.07. The number of thiazole rings is 1. The lowest BCUT2D eigenvalue weighted by molar-refractivity contribution is 0.573. The maximum absolute atomic E-state index is 12.3. The fraction of sp³-hybridized carbons (Fsp3) is 0.444. The number of nitrogen functional groups attached to an aromatic ring is 1. The smallest absolute Gasteiger partial charge is 0.260 e. The maximum Gasteiger partial charge on any atom is 0.260 e. The van der Waals surface area contributed by atoms with Crippen LogP contribution in [0.2, 0.25) is 0 Å². The van der Waals surface area contributed by atoms with Gasteiger partial charge in [-0.1, -0.05) is 0 Å². The molecule has 0 unspecified atom stereocenters. The Kier molecular flexibility index (Phi) is 2.77. The molecule has 0 spiro atoms. The topological polar surface area (TPSA) is 102 Å². The van der Waals surface area contributed by atoms with Crippen molar-refractivity contribution in [3.8, 4) is 0 Å². The average molecular weight is 287 g/mol. The van der Waals surface area contributed by atoms with Gasteiger partial charge in [0.25, 0.3) is 10.0 Å². The molecule has 1 fully saturated rings. The predicted molar refractivity (Wildman–Crippen MR) is 68.8 cm³/mol. The molecule has 1 saturated carbocycles. The van der Waals surface area contributed by atoms with E-state index in [4.69, 9.17) is 5.84 Å². The predicted octanol–water partition coefficient (Wildman–Crippen LogP) is 0.370.